The van der Waals surface area contributed by atoms with E-state index in [-0.39, 0.29) is 25.3 Å². The van der Waals surface area contributed by atoms with Crippen LogP contribution in [0.3, 0.4) is 0 Å². The number of hydrogen-bond donors (Lipinski definition) is 1. The molecule has 31 heavy (non-hydrogen) atoms. The lowest BCUT2D eigenvalue weighted by Crippen LogP contribution is -2.48. The van der Waals surface area contributed by atoms with Crippen LogP contribution in [0.5, 0.6) is 0 Å². The summed E-state index contributed by atoms with van der Waals surface area (Å²) in [6, 6.07) is 14.0. The van der Waals surface area contributed by atoms with E-state index in [9.17, 15) is 8.78 Å². The highest BCUT2D eigenvalue weighted by Gasteiger charge is 2.41. The fourth-order valence-corrected chi connectivity index (χ4v) is 4.06. The van der Waals surface area contributed by atoms with Crippen LogP contribution in [-0.4, -0.2) is 49.8 Å². The summed E-state index contributed by atoms with van der Waals surface area (Å²) in [6.45, 7) is 2.70. The maximum Gasteiger partial charge on any atom is 0.159 e. The predicted octanol–water partition coefficient (Wildman–Crippen LogP) is 4.36. The van der Waals surface area contributed by atoms with Gasteiger partial charge in [-0.25, -0.2) is 13.2 Å². The van der Waals surface area contributed by atoms with Crippen molar-refractivity contribution in [2.45, 2.75) is 43.5 Å². The Hall–Kier alpha value is -1.93. The molecule has 0 radical (unpaired) electrons. The molecule has 168 valence electrons. The first-order valence-corrected chi connectivity index (χ1v) is 10.8. The summed E-state index contributed by atoms with van der Waals surface area (Å²) in [6.07, 6.45) is 1.71. The van der Waals surface area contributed by atoms with E-state index in [2.05, 4.69) is 10.2 Å². The van der Waals surface area contributed by atoms with Crippen LogP contribution >= 0.6 is 0 Å². The van der Waals surface area contributed by atoms with Gasteiger partial charge in [0.05, 0.1) is 6.61 Å². The summed E-state index contributed by atoms with van der Waals surface area (Å²) in [7, 11) is 0. The molecule has 1 saturated heterocycles. The van der Waals surface area contributed by atoms with E-state index in [0.717, 1.165) is 23.6 Å². The Labute approximate surface area is 181 Å². The molecule has 2 aromatic rings. The molecule has 0 amide bonds. The highest BCUT2D eigenvalue weighted by atomic mass is 19.2. The fourth-order valence-electron chi connectivity index (χ4n) is 4.06. The van der Waals surface area contributed by atoms with Gasteiger partial charge in [-0.2, -0.15) is 0 Å². The maximum atomic E-state index is 15.1. The SMILES string of the molecule is Fc1ccc(C2CC2NCC2(F)CCN(COCOCc3ccccc3)CC2)cc1F. The van der Waals surface area contributed by atoms with Gasteiger partial charge >= 0.3 is 0 Å². The number of benzene rings is 2. The van der Waals surface area contributed by atoms with Gasteiger partial charge in [-0.15, -0.1) is 0 Å². The third-order valence-electron chi connectivity index (χ3n) is 6.15. The maximum absolute atomic E-state index is 15.1. The van der Waals surface area contributed by atoms with Gasteiger partial charge < -0.3 is 14.8 Å². The molecule has 4 rings (SSSR count). The number of likely N-dealkylation sites (tertiary alicyclic amines) is 1. The molecule has 1 heterocycles. The van der Waals surface area contributed by atoms with Gasteiger partial charge in [0.1, 0.15) is 19.2 Å². The van der Waals surface area contributed by atoms with E-state index in [1.165, 1.54) is 6.07 Å². The van der Waals surface area contributed by atoms with Crippen LogP contribution in [0.25, 0.3) is 0 Å². The van der Waals surface area contributed by atoms with Gasteiger partial charge in [-0.1, -0.05) is 36.4 Å². The number of ether oxygens (including phenoxy) is 2. The van der Waals surface area contributed by atoms with Crippen LogP contribution in [0.1, 0.15) is 36.3 Å². The Morgan fingerprint density at radius 3 is 2.52 bits per heavy atom. The quantitative estimate of drug-likeness (QED) is 0.445. The average Bonchev–Trinajstić information content (AvgIpc) is 3.56. The lowest BCUT2D eigenvalue weighted by molar-refractivity contribution is -0.105. The van der Waals surface area contributed by atoms with E-state index in [0.29, 0.717) is 39.3 Å². The zero-order chi connectivity index (χ0) is 21.7. The van der Waals surface area contributed by atoms with E-state index in [4.69, 9.17) is 9.47 Å². The molecule has 1 aliphatic carbocycles. The Balaban J connectivity index is 1.10. The molecule has 2 unspecified atom stereocenters. The van der Waals surface area contributed by atoms with Crippen molar-refractivity contribution in [3.8, 4) is 0 Å². The van der Waals surface area contributed by atoms with Crippen molar-refractivity contribution in [1.29, 1.82) is 0 Å². The summed E-state index contributed by atoms with van der Waals surface area (Å²) < 4.78 is 52.7. The number of alkyl halides is 1. The van der Waals surface area contributed by atoms with Crippen LogP contribution < -0.4 is 5.32 Å². The van der Waals surface area contributed by atoms with Crippen LogP contribution in [0, 0.1) is 11.6 Å². The normalized spacial score (nSPS) is 23.1. The molecule has 1 aliphatic heterocycles. The number of rotatable bonds is 10. The number of nitrogens with zero attached hydrogens (tertiary/aromatic N) is 1. The molecular weight excluding hydrogens is 405 g/mol. The molecule has 7 heteroatoms. The molecule has 0 bridgehead atoms. The van der Waals surface area contributed by atoms with E-state index in [1.807, 2.05) is 30.3 Å². The minimum absolute atomic E-state index is 0.126. The van der Waals surface area contributed by atoms with Gasteiger partial charge in [-0.05, 0) is 42.5 Å². The Morgan fingerprint density at radius 2 is 1.77 bits per heavy atom. The van der Waals surface area contributed by atoms with E-state index >= 15 is 4.39 Å². The molecule has 2 fully saturated rings. The summed E-state index contributed by atoms with van der Waals surface area (Å²) in [5, 5.41) is 3.28. The van der Waals surface area contributed by atoms with Crippen molar-refractivity contribution < 1.29 is 22.6 Å². The summed E-state index contributed by atoms with van der Waals surface area (Å²) in [4.78, 5) is 2.09. The summed E-state index contributed by atoms with van der Waals surface area (Å²) in [5.41, 5.74) is 0.619. The first-order valence-electron chi connectivity index (χ1n) is 10.8. The standard InChI is InChI=1S/C24H29F3N2O2/c25-21-7-6-19(12-22(21)26)20-13-23(20)28-15-24(27)8-10-29(11-9-24)16-31-17-30-14-18-4-2-1-3-5-18/h1-7,12,20,23,28H,8-11,13-17H2. The molecule has 2 aliphatic rings. The molecule has 0 spiro atoms. The monoisotopic (exact) mass is 434 g/mol. The molecule has 1 saturated carbocycles. The van der Waals surface area contributed by atoms with Crippen molar-refractivity contribution in [2.24, 2.45) is 0 Å². The first-order chi connectivity index (χ1) is 15.0. The van der Waals surface area contributed by atoms with Gasteiger partial charge in [0, 0.05) is 31.6 Å². The highest BCUT2D eigenvalue weighted by molar-refractivity contribution is 5.29. The second kappa shape index (κ2) is 10.1. The highest BCUT2D eigenvalue weighted by Crippen LogP contribution is 2.41. The van der Waals surface area contributed by atoms with Crippen LogP contribution in [0.15, 0.2) is 48.5 Å². The van der Waals surface area contributed by atoms with Crippen LogP contribution in [0.2, 0.25) is 0 Å². The van der Waals surface area contributed by atoms with Crippen molar-refractivity contribution in [3.05, 3.63) is 71.3 Å². The van der Waals surface area contributed by atoms with Crippen LogP contribution in [-0.2, 0) is 16.1 Å². The number of nitrogens with one attached hydrogen (secondary N) is 1. The van der Waals surface area contributed by atoms with Gasteiger partial charge in [0.15, 0.2) is 11.6 Å². The minimum Gasteiger partial charge on any atom is -0.351 e. The molecule has 4 nitrogen and oxygen atoms in total. The Morgan fingerprint density at radius 1 is 1.00 bits per heavy atom. The zero-order valence-electron chi connectivity index (χ0n) is 17.5. The second-order valence-corrected chi connectivity index (χ2v) is 8.56. The average molecular weight is 435 g/mol. The Kier molecular flexibility index (Phi) is 7.27. The van der Waals surface area contributed by atoms with Crippen molar-refractivity contribution in [3.63, 3.8) is 0 Å². The van der Waals surface area contributed by atoms with Crippen molar-refractivity contribution in [1.82, 2.24) is 10.2 Å². The zero-order valence-corrected chi connectivity index (χ0v) is 17.5. The predicted molar refractivity (Wildman–Crippen MR) is 112 cm³/mol. The number of piperidine rings is 1. The lowest BCUT2D eigenvalue weighted by atomic mass is 9.93. The fraction of sp³-hybridized carbons (Fsp3) is 0.500. The van der Waals surface area contributed by atoms with E-state index < -0.39 is 17.3 Å². The lowest BCUT2D eigenvalue weighted by Gasteiger charge is -2.36. The second-order valence-electron chi connectivity index (χ2n) is 8.56. The van der Waals surface area contributed by atoms with Crippen LogP contribution in [0.4, 0.5) is 13.2 Å². The topological polar surface area (TPSA) is 33.7 Å². The van der Waals surface area contributed by atoms with E-state index in [1.54, 1.807) is 6.07 Å². The largest absolute Gasteiger partial charge is 0.351 e. The van der Waals surface area contributed by atoms with Crippen molar-refractivity contribution >= 4 is 0 Å². The third-order valence-corrected chi connectivity index (χ3v) is 6.15. The Bertz CT molecular complexity index is 844. The smallest absolute Gasteiger partial charge is 0.159 e. The van der Waals surface area contributed by atoms with Gasteiger partial charge in [0.25, 0.3) is 0 Å². The molecule has 2 atom stereocenters. The number of hydrogen-bond acceptors (Lipinski definition) is 4. The summed E-state index contributed by atoms with van der Waals surface area (Å²) in [5.74, 6) is -1.54. The number of halogens is 3. The van der Waals surface area contributed by atoms with Gasteiger partial charge in [-0.3, -0.25) is 4.90 Å². The molecule has 1 N–H and O–H groups in total. The first kappa shape index (κ1) is 22.3. The van der Waals surface area contributed by atoms with Crippen molar-refractivity contribution in [2.75, 3.05) is 33.2 Å². The van der Waals surface area contributed by atoms with Gasteiger partial charge in [0.2, 0.25) is 0 Å². The summed E-state index contributed by atoms with van der Waals surface area (Å²) >= 11 is 0. The molecular formula is C24H29F3N2O2. The minimum atomic E-state index is -1.25. The molecule has 2 aromatic carbocycles. The molecule has 0 aromatic heterocycles. The third kappa shape index (κ3) is 6.29.